The predicted octanol–water partition coefficient (Wildman–Crippen LogP) is 1.10. The topological polar surface area (TPSA) is 63.2 Å². The Morgan fingerprint density at radius 1 is 1.38 bits per heavy atom. The molecular formula is C9H11N3O. The molecule has 1 aromatic heterocycles. The Bertz CT molecular complexity index is 447. The van der Waals surface area contributed by atoms with Crippen molar-refractivity contribution in [3.8, 4) is 5.75 Å². The second kappa shape index (κ2) is 2.58. The first kappa shape index (κ1) is 7.79. The summed E-state index contributed by atoms with van der Waals surface area (Å²) in [6, 6.07) is 5.14. The number of hydrogen-bond acceptors (Lipinski definition) is 3. The minimum atomic E-state index is 0.226. The zero-order valence-corrected chi connectivity index (χ0v) is 7.28. The summed E-state index contributed by atoms with van der Waals surface area (Å²) in [5.74, 6) is 0.226. The maximum Gasteiger partial charge on any atom is 0.141 e. The van der Waals surface area contributed by atoms with Crippen molar-refractivity contribution < 1.29 is 5.11 Å². The quantitative estimate of drug-likeness (QED) is 0.451. The molecule has 0 amide bonds. The van der Waals surface area contributed by atoms with Gasteiger partial charge in [0.1, 0.15) is 11.3 Å². The van der Waals surface area contributed by atoms with Gasteiger partial charge in [-0.15, -0.1) is 0 Å². The number of fused-ring (bicyclic) bond motifs is 1. The van der Waals surface area contributed by atoms with Crippen molar-refractivity contribution in [2.75, 3.05) is 18.2 Å². The standard InChI is InChI=1S/C9H11N3O/c1-11-12-5-4-6-7(10)2-3-8(13)9(6)12/h2-5,11,13H,10H2,1H3. The lowest BCUT2D eigenvalue weighted by Crippen LogP contribution is -2.06. The van der Waals surface area contributed by atoms with Crippen LogP contribution in [-0.4, -0.2) is 16.8 Å². The molecule has 2 aromatic rings. The predicted molar refractivity (Wildman–Crippen MR) is 53.3 cm³/mol. The summed E-state index contributed by atoms with van der Waals surface area (Å²) < 4.78 is 1.72. The molecular weight excluding hydrogens is 166 g/mol. The molecule has 0 atom stereocenters. The second-order valence-corrected chi connectivity index (χ2v) is 2.85. The summed E-state index contributed by atoms with van der Waals surface area (Å²) in [4.78, 5) is 0. The number of aromatic hydroxyl groups is 1. The van der Waals surface area contributed by atoms with Gasteiger partial charge in [-0.3, -0.25) is 4.68 Å². The minimum Gasteiger partial charge on any atom is -0.506 e. The molecule has 0 bridgehead atoms. The number of benzene rings is 1. The maximum atomic E-state index is 9.58. The summed E-state index contributed by atoms with van der Waals surface area (Å²) >= 11 is 0. The Labute approximate surface area is 75.6 Å². The highest BCUT2D eigenvalue weighted by molar-refractivity contribution is 5.95. The molecule has 1 heterocycles. The van der Waals surface area contributed by atoms with Crippen LogP contribution in [-0.2, 0) is 0 Å². The monoisotopic (exact) mass is 177 g/mol. The third-order valence-corrected chi connectivity index (χ3v) is 2.10. The molecule has 13 heavy (non-hydrogen) atoms. The van der Waals surface area contributed by atoms with Crippen molar-refractivity contribution in [2.24, 2.45) is 0 Å². The van der Waals surface area contributed by atoms with Gasteiger partial charge in [0.2, 0.25) is 0 Å². The third kappa shape index (κ3) is 0.989. The SMILES string of the molecule is CNn1ccc2c(N)ccc(O)c21. The number of phenols is 1. The number of anilines is 1. The van der Waals surface area contributed by atoms with Gasteiger partial charge in [0.15, 0.2) is 0 Å². The normalized spacial score (nSPS) is 10.5. The highest BCUT2D eigenvalue weighted by Gasteiger charge is 2.06. The average molecular weight is 177 g/mol. The van der Waals surface area contributed by atoms with Crippen LogP contribution in [0.1, 0.15) is 0 Å². The molecule has 2 rings (SSSR count). The lowest BCUT2D eigenvalue weighted by Gasteiger charge is -2.05. The zero-order valence-electron chi connectivity index (χ0n) is 7.28. The van der Waals surface area contributed by atoms with Crippen LogP contribution >= 0.6 is 0 Å². The number of phenolic OH excluding ortho intramolecular Hbond substituents is 1. The number of hydrogen-bond donors (Lipinski definition) is 3. The molecule has 0 aliphatic carbocycles. The van der Waals surface area contributed by atoms with Gasteiger partial charge in [-0.05, 0) is 18.2 Å². The molecule has 4 nitrogen and oxygen atoms in total. The first-order chi connectivity index (χ1) is 6.24. The van der Waals surface area contributed by atoms with Crippen LogP contribution in [0.2, 0.25) is 0 Å². The molecule has 0 radical (unpaired) electrons. The zero-order chi connectivity index (χ0) is 9.42. The molecule has 0 spiro atoms. The van der Waals surface area contributed by atoms with Crippen LogP contribution in [0.5, 0.6) is 5.75 Å². The lowest BCUT2D eigenvalue weighted by atomic mass is 10.2. The molecule has 0 unspecified atom stereocenters. The van der Waals surface area contributed by atoms with Crippen LogP contribution < -0.4 is 11.2 Å². The van der Waals surface area contributed by atoms with E-state index in [1.807, 2.05) is 12.3 Å². The van der Waals surface area contributed by atoms with Crippen LogP contribution in [0, 0.1) is 0 Å². The van der Waals surface area contributed by atoms with Crippen LogP contribution in [0.25, 0.3) is 10.9 Å². The number of nitrogens with zero attached hydrogens (tertiary/aromatic N) is 1. The molecule has 4 heteroatoms. The lowest BCUT2D eigenvalue weighted by molar-refractivity contribution is 0.479. The van der Waals surface area contributed by atoms with Gasteiger partial charge in [0.05, 0.1) is 0 Å². The molecule has 0 saturated carbocycles. The summed E-state index contributed by atoms with van der Waals surface area (Å²) in [5, 5.41) is 10.4. The fraction of sp³-hybridized carbons (Fsp3) is 0.111. The van der Waals surface area contributed by atoms with E-state index in [2.05, 4.69) is 5.43 Å². The smallest absolute Gasteiger partial charge is 0.141 e. The van der Waals surface area contributed by atoms with Crippen molar-refractivity contribution in [1.29, 1.82) is 0 Å². The molecule has 1 aromatic carbocycles. The Morgan fingerprint density at radius 2 is 2.15 bits per heavy atom. The summed E-state index contributed by atoms with van der Waals surface area (Å²) in [6.45, 7) is 0. The van der Waals surface area contributed by atoms with Gasteiger partial charge < -0.3 is 16.3 Å². The van der Waals surface area contributed by atoms with Gasteiger partial charge in [-0.2, -0.15) is 0 Å². The average Bonchev–Trinajstić information content (AvgIpc) is 2.56. The van der Waals surface area contributed by atoms with Crippen LogP contribution in [0.4, 0.5) is 5.69 Å². The number of nitrogen functional groups attached to an aromatic ring is 1. The van der Waals surface area contributed by atoms with Crippen molar-refractivity contribution in [3.05, 3.63) is 24.4 Å². The molecule has 0 aliphatic rings. The van der Waals surface area contributed by atoms with Crippen molar-refractivity contribution >= 4 is 16.6 Å². The Morgan fingerprint density at radius 3 is 2.85 bits per heavy atom. The van der Waals surface area contributed by atoms with Gasteiger partial charge in [-0.1, -0.05) is 0 Å². The van der Waals surface area contributed by atoms with Crippen LogP contribution in [0.3, 0.4) is 0 Å². The second-order valence-electron chi connectivity index (χ2n) is 2.85. The van der Waals surface area contributed by atoms with Crippen molar-refractivity contribution in [2.45, 2.75) is 0 Å². The Balaban J connectivity index is 2.87. The van der Waals surface area contributed by atoms with Gasteiger partial charge in [0, 0.05) is 24.3 Å². The van der Waals surface area contributed by atoms with E-state index in [1.165, 1.54) is 0 Å². The number of aromatic nitrogens is 1. The summed E-state index contributed by atoms with van der Waals surface area (Å²) in [7, 11) is 1.78. The highest BCUT2D eigenvalue weighted by Crippen LogP contribution is 2.29. The number of rotatable bonds is 1. The highest BCUT2D eigenvalue weighted by atomic mass is 16.3. The first-order valence-corrected chi connectivity index (χ1v) is 4.00. The molecule has 4 N–H and O–H groups in total. The fourth-order valence-corrected chi connectivity index (χ4v) is 1.45. The van der Waals surface area contributed by atoms with E-state index in [9.17, 15) is 5.11 Å². The van der Waals surface area contributed by atoms with E-state index in [0.29, 0.717) is 11.2 Å². The third-order valence-electron chi connectivity index (χ3n) is 2.10. The van der Waals surface area contributed by atoms with Gasteiger partial charge >= 0.3 is 0 Å². The minimum absolute atomic E-state index is 0.226. The summed E-state index contributed by atoms with van der Waals surface area (Å²) in [6.07, 6.45) is 1.82. The Hall–Kier alpha value is -1.84. The van der Waals surface area contributed by atoms with E-state index in [1.54, 1.807) is 23.9 Å². The van der Waals surface area contributed by atoms with E-state index in [4.69, 9.17) is 5.73 Å². The Kier molecular flexibility index (Phi) is 1.55. The largest absolute Gasteiger partial charge is 0.506 e. The number of nitrogens with two attached hydrogens (primary N) is 1. The maximum absolute atomic E-state index is 9.58. The van der Waals surface area contributed by atoms with Crippen molar-refractivity contribution in [3.63, 3.8) is 0 Å². The van der Waals surface area contributed by atoms with E-state index < -0.39 is 0 Å². The fourth-order valence-electron chi connectivity index (χ4n) is 1.45. The summed E-state index contributed by atoms with van der Waals surface area (Å²) in [5.41, 5.74) is 10.0. The molecule has 68 valence electrons. The molecule has 0 aliphatic heterocycles. The first-order valence-electron chi connectivity index (χ1n) is 4.00. The van der Waals surface area contributed by atoms with Gasteiger partial charge in [0.25, 0.3) is 0 Å². The van der Waals surface area contributed by atoms with E-state index in [-0.39, 0.29) is 5.75 Å². The van der Waals surface area contributed by atoms with E-state index in [0.717, 1.165) is 5.39 Å². The number of nitrogens with one attached hydrogen (secondary N) is 1. The van der Waals surface area contributed by atoms with Gasteiger partial charge in [-0.25, -0.2) is 0 Å². The van der Waals surface area contributed by atoms with E-state index >= 15 is 0 Å². The van der Waals surface area contributed by atoms with Crippen molar-refractivity contribution in [1.82, 2.24) is 4.68 Å². The van der Waals surface area contributed by atoms with Crippen LogP contribution in [0.15, 0.2) is 24.4 Å². The molecule has 0 fully saturated rings. The molecule has 0 saturated heterocycles.